The zero-order valence-corrected chi connectivity index (χ0v) is 27.2. The summed E-state index contributed by atoms with van der Waals surface area (Å²) in [5.41, 5.74) is 2.19. The highest BCUT2D eigenvalue weighted by Gasteiger charge is 2.18. The van der Waals surface area contributed by atoms with Crippen molar-refractivity contribution in [2.24, 2.45) is 5.10 Å². The van der Waals surface area contributed by atoms with Crippen LogP contribution in [-0.4, -0.2) is 22.5 Å². The van der Waals surface area contributed by atoms with Crippen molar-refractivity contribution in [1.29, 1.82) is 0 Å². The molecule has 4 rings (SSSR count). The first kappa shape index (κ1) is 29.0. The number of hydrogen-bond donors (Lipinski definition) is 0. The van der Waals surface area contributed by atoms with Crippen LogP contribution in [0.4, 0.5) is 0 Å². The lowest BCUT2D eigenvalue weighted by Crippen LogP contribution is -2.22. The molecule has 0 radical (unpaired) electrons. The zero-order valence-electron chi connectivity index (χ0n) is 20.8. The van der Waals surface area contributed by atoms with E-state index < -0.39 is 0 Å². The first-order valence-electron chi connectivity index (χ1n) is 12.1. The first-order valence-corrected chi connectivity index (χ1v) is 15.3. The van der Waals surface area contributed by atoms with Gasteiger partial charge in [-0.05, 0) is 87.2 Å². The summed E-state index contributed by atoms with van der Waals surface area (Å²) in [6.45, 7) is 4.86. The van der Waals surface area contributed by atoms with Gasteiger partial charge in [0.15, 0.2) is 11.5 Å². The number of nitrogens with zero attached hydrogens (tertiary/aromatic N) is 3. The van der Waals surface area contributed by atoms with Gasteiger partial charge >= 0.3 is 0 Å². The van der Waals surface area contributed by atoms with E-state index in [1.165, 1.54) is 4.68 Å². The van der Waals surface area contributed by atoms with Gasteiger partial charge in [-0.25, -0.2) is 4.98 Å². The van der Waals surface area contributed by atoms with Crippen LogP contribution >= 0.6 is 63.7 Å². The molecule has 0 N–H and O–H groups in total. The van der Waals surface area contributed by atoms with E-state index in [4.69, 9.17) is 14.5 Å². The molecule has 6 nitrogen and oxygen atoms in total. The molecule has 0 unspecified atom stereocenters. The maximum atomic E-state index is 13.4. The number of benzene rings is 3. The summed E-state index contributed by atoms with van der Waals surface area (Å²) >= 11 is 14.2. The molecule has 0 aliphatic carbocycles. The molecule has 0 atom stereocenters. The van der Waals surface area contributed by atoms with E-state index in [9.17, 15) is 4.79 Å². The lowest BCUT2D eigenvalue weighted by Gasteiger charge is -2.16. The van der Waals surface area contributed by atoms with Crippen molar-refractivity contribution in [2.45, 2.75) is 39.7 Å². The van der Waals surface area contributed by atoms with Gasteiger partial charge in [0, 0.05) is 25.4 Å². The Balaban J connectivity index is 1.73. The van der Waals surface area contributed by atoms with E-state index in [0.29, 0.717) is 52.3 Å². The topological polar surface area (TPSA) is 65.7 Å². The molecule has 198 valence electrons. The van der Waals surface area contributed by atoms with Gasteiger partial charge in [0.1, 0.15) is 12.4 Å². The Morgan fingerprint density at radius 3 is 2.39 bits per heavy atom. The van der Waals surface area contributed by atoms with Crippen molar-refractivity contribution in [3.05, 3.63) is 93.7 Å². The number of rotatable bonds is 10. The second kappa shape index (κ2) is 13.4. The maximum absolute atomic E-state index is 13.4. The van der Waals surface area contributed by atoms with Crippen LogP contribution < -0.4 is 15.0 Å². The van der Waals surface area contributed by atoms with E-state index in [1.54, 1.807) is 12.3 Å². The van der Waals surface area contributed by atoms with E-state index in [2.05, 4.69) is 75.7 Å². The van der Waals surface area contributed by atoms with Crippen LogP contribution in [0, 0.1) is 0 Å². The first-order chi connectivity index (χ1) is 18.3. The van der Waals surface area contributed by atoms with Crippen LogP contribution in [0.25, 0.3) is 10.9 Å². The van der Waals surface area contributed by atoms with Crippen molar-refractivity contribution >= 4 is 80.8 Å². The molecule has 0 aliphatic rings. The Morgan fingerprint density at radius 1 is 0.947 bits per heavy atom. The number of fused-ring (bicyclic) bond motifs is 1. The summed E-state index contributed by atoms with van der Waals surface area (Å²) in [5.74, 6) is 1.77. The fraction of sp³-hybridized carbons (Fsp3) is 0.250. The number of aromatic nitrogens is 2. The molecule has 3 aromatic carbocycles. The zero-order chi connectivity index (χ0) is 27.2. The van der Waals surface area contributed by atoms with Crippen molar-refractivity contribution in [3.63, 3.8) is 0 Å². The third-order valence-electron chi connectivity index (χ3n) is 5.69. The molecule has 1 heterocycles. The van der Waals surface area contributed by atoms with E-state index in [-0.39, 0.29) is 5.56 Å². The van der Waals surface area contributed by atoms with Crippen molar-refractivity contribution < 1.29 is 9.47 Å². The minimum Gasteiger partial charge on any atom is -0.490 e. The normalized spacial score (nSPS) is 11.4. The maximum Gasteiger partial charge on any atom is 0.282 e. The fourth-order valence-corrected chi connectivity index (χ4v) is 5.32. The molecule has 38 heavy (non-hydrogen) atoms. The average molecular weight is 771 g/mol. The second-order valence-corrected chi connectivity index (χ2v) is 11.8. The van der Waals surface area contributed by atoms with E-state index >= 15 is 0 Å². The number of halogens is 4. The van der Waals surface area contributed by atoms with Gasteiger partial charge in [-0.2, -0.15) is 9.78 Å². The highest BCUT2D eigenvalue weighted by Crippen LogP contribution is 2.43. The lowest BCUT2D eigenvalue weighted by atomic mass is 10.2. The molecule has 10 heteroatoms. The third kappa shape index (κ3) is 6.76. The van der Waals surface area contributed by atoms with Gasteiger partial charge in [0.05, 0.1) is 28.2 Å². The van der Waals surface area contributed by atoms with E-state index in [0.717, 1.165) is 37.4 Å². The number of unbranched alkanes of at least 4 members (excludes halogenated alkanes) is 1. The van der Waals surface area contributed by atoms with Crippen LogP contribution in [0.15, 0.2) is 76.3 Å². The summed E-state index contributed by atoms with van der Waals surface area (Å²) in [7, 11) is 0. The van der Waals surface area contributed by atoms with Crippen molar-refractivity contribution in [3.8, 4) is 11.5 Å². The molecule has 0 amide bonds. The molecule has 0 aliphatic heterocycles. The molecule has 1 aromatic heterocycles. The number of ether oxygens (including phenoxy) is 2. The number of aryl methyl sites for hydroxylation is 1. The van der Waals surface area contributed by atoms with Crippen LogP contribution in [-0.2, 0) is 13.0 Å². The van der Waals surface area contributed by atoms with Crippen LogP contribution in [0.5, 0.6) is 11.5 Å². The van der Waals surface area contributed by atoms with Crippen molar-refractivity contribution in [1.82, 2.24) is 9.66 Å². The number of hydrogen-bond acceptors (Lipinski definition) is 5. The molecule has 4 aromatic rings. The SMILES string of the molecule is CCCCc1nc2ccc(Br)cc2c(=O)n1N=Cc1cc(OCC)c(OCc2ccc(Br)cc2)c(Br)c1Br. The highest BCUT2D eigenvalue weighted by atomic mass is 79.9. The van der Waals surface area contributed by atoms with Crippen LogP contribution in [0.3, 0.4) is 0 Å². The van der Waals surface area contributed by atoms with Gasteiger partial charge < -0.3 is 9.47 Å². The minimum atomic E-state index is -0.215. The Bertz CT molecular complexity index is 1540. The predicted octanol–water partition coefficient (Wildman–Crippen LogP) is 8.65. The molecular formula is C28H25Br4N3O3. The molecule has 0 spiro atoms. The third-order valence-corrected chi connectivity index (χ3v) is 8.86. The minimum absolute atomic E-state index is 0.215. The van der Waals surface area contributed by atoms with Gasteiger partial charge in [0.2, 0.25) is 0 Å². The van der Waals surface area contributed by atoms with Crippen LogP contribution in [0.2, 0.25) is 0 Å². The van der Waals surface area contributed by atoms with Crippen LogP contribution in [0.1, 0.15) is 43.6 Å². The largest absolute Gasteiger partial charge is 0.490 e. The van der Waals surface area contributed by atoms with E-state index in [1.807, 2.05) is 49.4 Å². The summed E-state index contributed by atoms with van der Waals surface area (Å²) in [6.07, 6.45) is 4.17. The summed E-state index contributed by atoms with van der Waals surface area (Å²) in [5, 5.41) is 5.10. The Hall–Kier alpha value is -2.01. The Kier molecular flexibility index (Phi) is 10.2. The predicted molar refractivity (Wildman–Crippen MR) is 167 cm³/mol. The molecule has 0 saturated carbocycles. The Morgan fingerprint density at radius 2 is 1.68 bits per heavy atom. The monoisotopic (exact) mass is 767 g/mol. The highest BCUT2D eigenvalue weighted by molar-refractivity contribution is 9.13. The van der Waals surface area contributed by atoms with Gasteiger partial charge in [-0.15, -0.1) is 0 Å². The van der Waals surface area contributed by atoms with Gasteiger partial charge in [0.25, 0.3) is 5.56 Å². The summed E-state index contributed by atoms with van der Waals surface area (Å²) in [6, 6.07) is 15.3. The average Bonchev–Trinajstić information content (AvgIpc) is 2.91. The van der Waals surface area contributed by atoms with Gasteiger partial charge in [-0.1, -0.05) is 57.3 Å². The second-order valence-electron chi connectivity index (χ2n) is 8.42. The molecule has 0 fully saturated rings. The standard InChI is InChI=1S/C28H25Br4N3O3/c1-3-5-6-24-34-22-12-11-20(30)14-21(22)28(36)35(24)33-15-18-13-23(37-4-2)27(26(32)25(18)31)38-16-17-7-9-19(29)10-8-17/h7-15H,3-6,16H2,1-2H3. The fourth-order valence-electron chi connectivity index (χ4n) is 3.76. The summed E-state index contributed by atoms with van der Waals surface area (Å²) in [4.78, 5) is 18.2. The Labute approximate surface area is 255 Å². The lowest BCUT2D eigenvalue weighted by molar-refractivity contribution is 0.267. The quantitative estimate of drug-likeness (QED) is 0.152. The molecular weight excluding hydrogens is 746 g/mol. The molecule has 0 saturated heterocycles. The summed E-state index contributed by atoms with van der Waals surface area (Å²) < 4.78 is 16.7. The van der Waals surface area contributed by atoms with Crippen molar-refractivity contribution in [2.75, 3.05) is 6.61 Å². The van der Waals surface area contributed by atoms with Gasteiger partial charge in [-0.3, -0.25) is 4.79 Å². The smallest absolute Gasteiger partial charge is 0.282 e. The molecule has 0 bridgehead atoms.